The fourth-order valence-corrected chi connectivity index (χ4v) is 6.15. The highest BCUT2D eigenvalue weighted by Crippen LogP contribution is 2.57. The van der Waals surface area contributed by atoms with Crippen LogP contribution >= 0.6 is 11.6 Å². The van der Waals surface area contributed by atoms with Crippen LogP contribution in [-0.2, 0) is 0 Å². The topological polar surface area (TPSA) is 91.5 Å². The van der Waals surface area contributed by atoms with Crippen LogP contribution in [0.5, 0.6) is 0 Å². The van der Waals surface area contributed by atoms with Crippen molar-refractivity contribution in [3.63, 3.8) is 0 Å². The average molecular weight is 543 g/mol. The molecule has 0 saturated heterocycles. The molecule has 3 saturated carbocycles. The maximum atomic E-state index is 13.8. The zero-order valence-corrected chi connectivity index (χ0v) is 22.2. The van der Waals surface area contributed by atoms with Crippen LogP contribution in [0.4, 0.5) is 15.8 Å². The summed E-state index contributed by atoms with van der Waals surface area (Å²) in [5.74, 6) is 0.375. The highest BCUT2D eigenvalue weighted by atomic mass is 35.5. The maximum Gasteiger partial charge on any atom is 0.123 e. The van der Waals surface area contributed by atoms with Crippen molar-refractivity contribution in [3.05, 3.63) is 76.5 Å². The van der Waals surface area contributed by atoms with E-state index in [9.17, 15) is 11.0 Å². The Bertz CT molecular complexity index is 1640. The number of aromatic nitrogens is 4. The van der Waals surface area contributed by atoms with Crippen molar-refractivity contribution in [2.75, 3.05) is 17.2 Å². The van der Waals surface area contributed by atoms with Gasteiger partial charge in [-0.25, -0.2) is 9.07 Å². The standard InChI is InChI=1S/C30H29ClFN7/c31-25-13-22(36-28(18-2-6-21(32)7-3-18)26-16-39(38-37-26)23-8-9-23)12-24-27(19(14-33)15-34-29(24)25)35-17-30(10-1-11-30)20-4-5-20/h2-3,6-7,12-13,15-16,20,23,28,36H,1,4-5,8-11,17H2,(H,34,35)/i28D. The molecule has 2 heterocycles. The van der Waals surface area contributed by atoms with E-state index >= 15 is 0 Å². The SMILES string of the molecule is [2H]C(Nc1cc(Cl)c2ncc(C#N)c(NCC3(C4CC4)CCC3)c2c1)(c1ccc(F)cc1)c1cn(C2CC2)nn1. The predicted octanol–water partition coefficient (Wildman–Crippen LogP) is 7.02. The minimum Gasteiger partial charge on any atom is -0.383 e. The number of benzene rings is 2. The molecule has 2 aromatic heterocycles. The molecule has 2 N–H and O–H groups in total. The van der Waals surface area contributed by atoms with Crippen molar-refractivity contribution in [2.24, 2.45) is 11.3 Å². The zero-order chi connectivity index (χ0) is 27.5. The lowest BCUT2D eigenvalue weighted by molar-refractivity contribution is 0.118. The number of nitrogens with one attached hydrogen (secondary N) is 2. The molecule has 2 aromatic carbocycles. The van der Waals surface area contributed by atoms with Gasteiger partial charge in [0.15, 0.2) is 0 Å². The Morgan fingerprint density at radius 3 is 2.67 bits per heavy atom. The van der Waals surface area contributed by atoms with Crippen LogP contribution in [0.3, 0.4) is 0 Å². The van der Waals surface area contributed by atoms with Crippen molar-refractivity contribution in [1.29, 1.82) is 5.26 Å². The van der Waals surface area contributed by atoms with Gasteiger partial charge in [0.2, 0.25) is 0 Å². The molecule has 3 fully saturated rings. The van der Waals surface area contributed by atoms with Gasteiger partial charge in [0, 0.05) is 23.8 Å². The van der Waals surface area contributed by atoms with E-state index < -0.39 is 6.02 Å². The van der Waals surface area contributed by atoms with Gasteiger partial charge in [-0.15, -0.1) is 5.10 Å². The molecule has 7 nitrogen and oxygen atoms in total. The van der Waals surface area contributed by atoms with Gasteiger partial charge in [0.25, 0.3) is 0 Å². The summed E-state index contributed by atoms with van der Waals surface area (Å²) in [7, 11) is 0. The van der Waals surface area contributed by atoms with Gasteiger partial charge in [-0.1, -0.05) is 35.4 Å². The molecule has 1 unspecified atom stereocenters. The Morgan fingerprint density at radius 2 is 2.00 bits per heavy atom. The third-order valence-corrected chi connectivity index (χ3v) is 8.83. The Labute approximate surface area is 232 Å². The van der Waals surface area contributed by atoms with E-state index in [1.165, 1.54) is 44.2 Å². The number of anilines is 2. The number of nitrogens with zero attached hydrogens (tertiary/aromatic N) is 5. The minimum atomic E-state index is -1.58. The van der Waals surface area contributed by atoms with E-state index in [0.717, 1.165) is 25.3 Å². The van der Waals surface area contributed by atoms with Crippen LogP contribution in [0.2, 0.25) is 5.02 Å². The van der Waals surface area contributed by atoms with Gasteiger partial charge < -0.3 is 10.6 Å². The smallest absolute Gasteiger partial charge is 0.123 e. The summed E-state index contributed by atoms with van der Waals surface area (Å²) < 4.78 is 25.2. The molecule has 0 bridgehead atoms. The van der Waals surface area contributed by atoms with Gasteiger partial charge in [0.05, 0.1) is 41.4 Å². The van der Waals surface area contributed by atoms with Crippen LogP contribution < -0.4 is 10.6 Å². The minimum absolute atomic E-state index is 0.299. The van der Waals surface area contributed by atoms with Gasteiger partial charge in [-0.05, 0) is 79.7 Å². The van der Waals surface area contributed by atoms with Crippen molar-refractivity contribution in [1.82, 2.24) is 20.0 Å². The van der Waals surface area contributed by atoms with Crippen LogP contribution in [0.15, 0.2) is 48.8 Å². The second-order valence-corrected chi connectivity index (χ2v) is 11.6. The third-order valence-electron chi connectivity index (χ3n) is 8.54. The molecule has 198 valence electrons. The molecule has 3 aliphatic rings. The van der Waals surface area contributed by atoms with E-state index in [4.69, 9.17) is 11.6 Å². The quantitative estimate of drug-likeness (QED) is 0.236. The van der Waals surface area contributed by atoms with E-state index in [1.54, 1.807) is 35.3 Å². The van der Waals surface area contributed by atoms with Crippen LogP contribution in [-0.4, -0.2) is 26.5 Å². The summed E-state index contributed by atoms with van der Waals surface area (Å²) in [6.45, 7) is 0.809. The number of fused-ring (bicyclic) bond motifs is 1. The Balaban J connectivity index is 1.29. The predicted molar refractivity (Wildman–Crippen MR) is 149 cm³/mol. The number of rotatable bonds is 9. The summed E-state index contributed by atoms with van der Waals surface area (Å²) in [5, 5.41) is 26.6. The van der Waals surface area contributed by atoms with Gasteiger partial charge in [-0.3, -0.25) is 4.98 Å². The molecular weight excluding hydrogens is 513 g/mol. The molecule has 0 radical (unpaired) electrons. The molecule has 1 atom stereocenters. The molecule has 39 heavy (non-hydrogen) atoms. The largest absolute Gasteiger partial charge is 0.383 e. The fraction of sp³-hybridized carbons (Fsp3) is 0.400. The molecule has 9 heteroatoms. The second-order valence-electron chi connectivity index (χ2n) is 11.2. The van der Waals surface area contributed by atoms with Crippen LogP contribution in [0.25, 0.3) is 10.9 Å². The van der Waals surface area contributed by atoms with E-state index in [0.29, 0.717) is 55.6 Å². The molecule has 7 rings (SSSR count). The number of nitriles is 1. The Morgan fingerprint density at radius 1 is 1.21 bits per heavy atom. The van der Waals surface area contributed by atoms with Gasteiger partial charge in [-0.2, -0.15) is 5.26 Å². The maximum absolute atomic E-state index is 13.8. The van der Waals surface area contributed by atoms with Crippen LogP contribution in [0, 0.1) is 28.5 Å². The normalized spacial score (nSPS) is 20.0. The monoisotopic (exact) mass is 542 g/mol. The second kappa shape index (κ2) is 9.49. The Hall–Kier alpha value is -3.70. The molecule has 0 spiro atoms. The highest BCUT2D eigenvalue weighted by Gasteiger charge is 2.48. The van der Waals surface area contributed by atoms with E-state index in [2.05, 4.69) is 32.0 Å². The molecule has 4 aromatic rings. The summed E-state index contributed by atoms with van der Waals surface area (Å²) >= 11 is 6.76. The number of hydrogen-bond donors (Lipinski definition) is 2. The molecular formula is C30H29ClFN7. The number of halogens is 2. The lowest BCUT2D eigenvalue weighted by Gasteiger charge is -2.43. The zero-order valence-electron chi connectivity index (χ0n) is 22.4. The van der Waals surface area contributed by atoms with E-state index in [1.807, 2.05) is 6.07 Å². The van der Waals surface area contributed by atoms with Gasteiger partial charge >= 0.3 is 0 Å². The van der Waals surface area contributed by atoms with Crippen molar-refractivity contribution < 1.29 is 5.76 Å². The lowest BCUT2D eigenvalue weighted by Crippen LogP contribution is -2.38. The molecule has 3 aliphatic carbocycles. The summed E-state index contributed by atoms with van der Waals surface area (Å²) in [6, 6.07) is 10.4. The van der Waals surface area contributed by atoms with Crippen molar-refractivity contribution in [2.45, 2.75) is 57.0 Å². The first kappa shape index (κ1) is 23.2. The van der Waals surface area contributed by atoms with Crippen molar-refractivity contribution >= 4 is 33.9 Å². The fourth-order valence-electron chi connectivity index (χ4n) is 5.88. The van der Waals surface area contributed by atoms with Gasteiger partial charge in [0.1, 0.15) is 17.6 Å². The van der Waals surface area contributed by atoms with Crippen LogP contribution in [0.1, 0.15) is 75.2 Å². The lowest BCUT2D eigenvalue weighted by atomic mass is 9.65. The molecule has 0 amide bonds. The first-order valence-corrected chi connectivity index (χ1v) is 14.0. The average Bonchev–Trinajstić information content (AvgIpc) is 3.87. The number of pyridine rings is 1. The first-order valence-electron chi connectivity index (χ1n) is 14.1. The van der Waals surface area contributed by atoms with Crippen molar-refractivity contribution in [3.8, 4) is 6.07 Å². The summed E-state index contributed by atoms with van der Waals surface area (Å²) in [5.41, 5.74) is 3.50. The third kappa shape index (κ3) is 4.59. The number of hydrogen-bond acceptors (Lipinski definition) is 6. The van der Waals surface area contributed by atoms with E-state index in [-0.39, 0.29) is 5.82 Å². The summed E-state index contributed by atoms with van der Waals surface area (Å²) in [4.78, 5) is 4.50. The first-order chi connectivity index (χ1) is 19.4. The summed E-state index contributed by atoms with van der Waals surface area (Å²) in [6.07, 6.45) is 11.6. The molecule has 0 aliphatic heterocycles. The Kier molecular flexibility index (Phi) is 5.65. The highest BCUT2D eigenvalue weighted by molar-refractivity contribution is 6.35.